The molecule has 0 aliphatic carbocycles. The molecule has 2 heterocycles. The molecule has 0 aliphatic rings. The summed E-state index contributed by atoms with van der Waals surface area (Å²) in [5.41, 5.74) is 0.435. The summed E-state index contributed by atoms with van der Waals surface area (Å²) in [5, 5.41) is -0.137. The van der Waals surface area contributed by atoms with Gasteiger partial charge in [0.15, 0.2) is 23.5 Å². The number of nitrogens with one attached hydrogen (secondary N) is 1. The molecular formula is C10H10ClN3O4S3. The Kier molecular flexibility index (Phi) is 4.24. The summed E-state index contributed by atoms with van der Waals surface area (Å²) in [7, 11) is -7.27. The molecule has 114 valence electrons. The average molecular weight is 368 g/mol. The van der Waals surface area contributed by atoms with Crippen molar-refractivity contribution in [1.29, 1.82) is 0 Å². The van der Waals surface area contributed by atoms with Crippen molar-refractivity contribution in [2.75, 3.05) is 11.0 Å². The van der Waals surface area contributed by atoms with Gasteiger partial charge >= 0.3 is 0 Å². The number of halogens is 1. The summed E-state index contributed by atoms with van der Waals surface area (Å²) < 4.78 is 49.3. The molecule has 1 N–H and O–H groups in total. The average Bonchev–Trinajstić information content (AvgIpc) is 2.68. The maximum absolute atomic E-state index is 12.2. The van der Waals surface area contributed by atoms with Crippen molar-refractivity contribution in [3.63, 3.8) is 0 Å². The third-order valence-corrected chi connectivity index (χ3v) is 6.59. The predicted molar refractivity (Wildman–Crippen MR) is 80.0 cm³/mol. The smallest absolute Gasteiger partial charge is 0.273 e. The molecule has 0 aliphatic heterocycles. The van der Waals surface area contributed by atoms with Crippen LogP contribution in [-0.4, -0.2) is 33.1 Å². The van der Waals surface area contributed by atoms with Crippen LogP contribution in [0.15, 0.2) is 27.6 Å². The first-order valence-electron chi connectivity index (χ1n) is 5.41. The second-order valence-electron chi connectivity index (χ2n) is 4.10. The molecule has 0 fully saturated rings. The van der Waals surface area contributed by atoms with E-state index in [1.165, 1.54) is 19.1 Å². The number of thiazole rings is 1. The third-order valence-electron chi connectivity index (χ3n) is 2.34. The Hall–Kier alpha value is -1.23. The number of anilines is 1. The number of nitrogens with zero attached hydrogens (tertiary/aromatic N) is 2. The number of sulfonamides is 1. The normalized spacial score (nSPS) is 12.3. The van der Waals surface area contributed by atoms with E-state index in [4.69, 9.17) is 11.6 Å². The molecule has 0 unspecified atom stereocenters. The van der Waals surface area contributed by atoms with Gasteiger partial charge in [-0.2, -0.15) is 0 Å². The first kappa shape index (κ1) is 16.1. The lowest BCUT2D eigenvalue weighted by Crippen LogP contribution is -2.13. The zero-order valence-electron chi connectivity index (χ0n) is 10.9. The highest BCUT2D eigenvalue weighted by Crippen LogP contribution is 2.28. The molecule has 2 rings (SSSR count). The number of hydrogen-bond donors (Lipinski definition) is 1. The minimum Gasteiger partial charge on any atom is -0.277 e. The van der Waals surface area contributed by atoms with Crippen molar-refractivity contribution in [3.05, 3.63) is 28.5 Å². The molecular weight excluding hydrogens is 358 g/mol. The van der Waals surface area contributed by atoms with E-state index in [-0.39, 0.29) is 19.4 Å². The van der Waals surface area contributed by atoms with Gasteiger partial charge < -0.3 is 0 Å². The lowest BCUT2D eigenvalue weighted by atomic mass is 10.4. The van der Waals surface area contributed by atoms with E-state index in [9.17, 15) is 16.8 Å². The van der Waals surface area contributed by atoms with Gasteiger partial charge in [0.05, 0.1) is 17.6 Å². The summed E-state index contributed by atoms with van der Waals surface area (Å²) in [6.45, 7) is 1.53. The Balaban J connectivity index is 2.31. The summed E-state index contributed by atoms with van der Waals surface area (Å²) in [6, 6.07) is 2.54. The molecule has 2 aromatic rings. The van der Waals surface area contributed by atoms with Gasteiger partial charge in [-0.05, 0) is 19.1 Å². The monoisotopic (exact) mass is 367 g/mol. The van der Waals surface area contributed by atoms with E-state index in [0.29, 0.717) is 5.69 Å². The van der Waals surface area contributed by atoms with Gasteiger partial charge in [-0.1, -0.05) is 22.9 Å². The summed E-state index contributed by atoms with van der Waals surface area (Å²) in [5.74, 6) is 0. The number of aromatic nitrogens is 2. The second-order valence-corrected chi connectivity index (χ2v) is 9.52. The molecule has 0 aromatic carbocycles. The summed E-state index contributed by atoms with van der Waals surface area (Å²) >= 11 is 6.52. The van der Waals surface area contributed by atoms with Crippen molar-refractivity contribution in [2.24, 2.45) is 0 Å². The maximum atomic E-state index is 12.2. The van der Waals surface area contributed by atoms with Gasteiger partial charge in [-0.3, -0.25) is 4.72 Å². The van der Waals surface area contributed by atoms with Crippen LogP contribution in [-0.2, 0) is 19.9 Å². The largest absolute Gasteiger partial charge is 0.277 e. The predicted octanol–water partition coefficient (Wildman–Crippen LogP) is 1.70. The topological polar surface area (TPSA) is 106 Å². The van der Waals surface area contributed by atoms with Crippen LogP contribution in [0.1, 0.15) is 5.69 Å². The molecule has 21 heavy (non-hydrogen) atoms. The quantitative estimate of drug-likeness (QED) is 0.881. The van der Waals surface area contributed by atoms with Crippen LogP contribution in [0, 0.1) is 6.92 Å². The summed E-state index contributed by atoms with van der Waals surface area (Å²) in [6.07, 6.45) is 2.15. The van der Waals surface area contributed by atoms with Crippen molar-refractivity contribution in [1.82, 2.24) is 9.97 Å². The van der Waals surface area contributed by atoms with E-state index in [2.05, 4.69) is 14.7 Å². The Morgan fingerprint density at radius 2 is 1.90 bits per heavy atom. The standard InChI is InChI=1S/C10H10ClN3O4S3/c1-6-9(19-10(11)13-6)21(17,18)14-7-3-4-8(12-5-7)20(2,15)16/h3-5,14H,1-2H3. The van der Waals surface area contributed by atoms with Crippen molar-refractivity contribution in [2.45, 2.75) is 16.2 Å². The van der Waals surface area contributed by atoms with Crippen LogP contribution in [0.25, 0.3) is 0 Å². The zero-order valence-corrected chi connectivity index (χ0v) is 14.1. The van der Waals surface area contributed by atoms with Crippen molar-refractivity contribution >= 4 is 48.5 Å². The molecule has 0 amide bonds. The molecule has 11 heteroatoms. The van der Waals surface area contributed by atoms with Gasteiger partial charge in [-0.15, -0.1) is 0 Å². The highest BCUT2D eigenvalue weighted by atomic mass is 35.5. The Labute approximate surface area is 131 Å². The van der Waals surface area contributed by atoms with Gasteiger partial charge in [0, 0.05) is 6.26 Å². The van der Waals surface area contributed by atoms with Crippen LogP contribution in [0.4, 0.5) is 5.69 Å². The molecule has 0 saturated heterocycles. The highest BCUT2D eigenvalue weighted by molar-refractivity contribution is 7.94. The first-order chi connectivity index (χ1) is 9.59. The molecule has 0 bridgehead atoms. The molecule has 0 saturated carbocycles. The number of rotatable bonds is 4. The lowest BCUT2D eigenvalue weighted by Gasteiger charge is -2.06. The van der Waals surface area contributed by atoms with E-state index < -0.39 is 19.9 Å². The molecule has 2 aromatic heterocycles. The number of pyridine rings is 1. The first-order valence-corrected chi connectivity index (χ1v) is 9.98. The van der Waals surface area contributed by atoms with Crippen molar-refractivity contribution in [3.8, 4) is 0 Å². The van der Waals surface area contributed by atoms with Gasteiger partial charge in [0.2, 0.25) is 0 Å². The fraction of sp³-hybridized carbons (Fsp3) is 0.200. The van der Waals surface area contributed by atoms with Gasteiger partial charge in [0.25, 0.3) is 10.0 Å². The Bertz CT molecular complexity index is 873. The molecule has 7 nitrogen and oxygen atoms in total. The Morgan fingerprint density at radius 3 is 2.33 bits per heavy atom. The number of hydrogen-bond acceptors (Lipinski definition) is 7. The van der Waals surface area contributed by atoms with Crippen LogP contribution < -0.4 is 4.72 Å². The number of aryl methyl sites for hydroxylation is 1. The van der Waals surface area contributed by atoms with Crippen LogP contribution in [0.2, 0.25) is 4.47 Å². The van der Waals surface area contributed by atoms with Gasteiger partial charge in [-0.25, -0.2) is 26.8 Å². The fourth-order valence-electron chi connectivity index (χ4n) is 1.46. The van der Waals surface area contributed by atoms with E-state index in [1.54, 1.807) is 0 Å². The van der Waals surface area contributed by atoms with Crippen LogP contribution >= 0.6 is 22.9 Å². The molecule has 0 atom stereocenters. The molecule has 0 spiro atoms. The minimum atomic E-state index is -3.84. The van der Waals surface area contributed by atoms with Crippen molar-refractivity contribution < 1.29 is 16.8 Å². The minimum absolute atomic E-state index is 0.000287. The number of sulfone groups is 1. The maximum Gasteiger partial charge on any atom is 0.273 e. The van der Waals surface area contributed by atoms with E-state index in [0.717, 1.165) is 23.8 Å². The lowest BCUT2D eigenvalue weighted by molar-refractivity contribution is 0.598. The van der Waals surface area contributed by atoms with Gasteiger partial charge in [0.1, 0.15) is 0 Å². The SMILES string of the molecule is Cc1nc(Cl)sc1S(=O)(=O)Nc1ccc(S(C)(=O)=O)nc1. The second kappa shape index (κ2) is 5.52. The van der Waals surface area contributed by atoms with Crippen LogP contribution in [0.3, 0.4) is 0 Å². The Morgan fingerprint density at radius 1 is 1.24 bits per heavy atom. The fourth-order valence-corrected chi connectivity index (χ4v) is 4.80. The highest BCUT2D eigenvalue weighted by Gasteiger charge is 2.22. The van der Waals surface area contributed by atoms with Crippen LogP contribution in [0.5, 0.6) is 0 Å². The van der Waals surface area contributed by atoms with E-state index >= 15 is 0 Å². The molecule has 0 radical (unpaired) electrons. The van der Waals surface area contributed by atoms with E-state index in [1.807, 2.05) is 0 Å². The summed E-state index contributed by atoms with van der Waals surface area (Å²) in [4.78, 5) is 7.54. The zero-order chi connectivity index (χ0) is 15.8. The third kappa shape index (κ3) is 3.70.